The van der Waals surface area contributed by atoms with Crippen LogP contribution in [0.25, 0.3) is 0 Å². The monoisotopic (exact) mass is 332 g/mol. The Balaban J connectivity index is 3.57. The van der Waals surface area contributed by atoms with E-state index in [1.165, 1.54) is 26.4 Å². The Morgan fingerprint density at radius 2 is 1.53 bits per heavy atom. The zero-order valence-corrected chi connectivity index (χ0v) is 12.1. The van der Waals surface area contributed by atoms with Gasteiger partial charge < -0.3 is 19.7 Å². The van der Waals surface area contributed by atoms with Gasteiger partial charge in [-0.25, -0.2) is 0 Å². The predicted octanol–water partition coefficient (Wildman–Crippen LogP) is 1.89. The molecule has 6 nitrogen and oxygen atoms in total. The lowest BCUT2D eigenvalue weighted by molar-refractivity contribution is -0.156. The highest BCUT2D eigenvalue weighted by Gasteiger charge is 2.45. The van der Waals surface area contributed by atoms with Gasteiger partial charge in [-0.3, -0.25) is 9.59 Å². The topological polar surface area (TPSA) is 93.1 Å². The van der Waals surface area contributed by atoms with Crippen LogP contribution in [0.15, 0.2) is 16.6 Å². The van der Waals surface area contributed by atoms with Gasteiger partial charge in [-0.15, -0.1) is 0 Å². The summed E-state index contributed by atoms with van der Waals surface area (Å²) in [5.74, 6) is -2.30. The number of hydrogen-bond donors (Lipinski definition) is 2. The first kappa shape index (κ1) is 15.3. The average Bonchev–Trinajstić information content (AvgIpc) is 2.36. The predicted molar refractivity (Wildman–Crippen MR) is 69.9 cm³/mol. The highest BCUT2D eigenvalue weighted by molar-refractivity contribution is 9.10. The van der Waals surface area contributed by atoms with Crippen LogP contribution < -0.4 is 9.47 Å². The highest BCUT2D eigenvalue weighted by atomic mass is 79.9. The second kappa shape index (κ2) is 5.48. The smallest absolute Gasteiger partial charge is 0.325 e. The fourth-order valence-corrected chi connectivity index (χ4v) is 2.28. The third kappa shape index (κ3) is 2.51. The van der Waals surface area contributed by atoms with E-state index in [1.807, 2.05) is 0 Å². The highest BCUT2D eigenvalue weighted by Crippen LogP contribution is 2.39. The van der Waals surface area contributed by atoms with Crippen LogP contribution in [0.5, 0.6) is 11.5 Å². The Hall–Kier alpha value is -1.76. The van der Waals surface area contributed by atoms with Gasteiger partial charge in [0.25, 0.3) is 0 Å². The van der Waals surface area contributed by atoms with Crippen molar-refractivity contribution in [3.05, 3.63) is 22.2 Å². The first-order chi connectivity index (χ1) is 8.78. The summed E-state index contributed by atoms with van der Waals surface area (Å²) in [6.07, 6.45) is 0. The summed E-state index contributed by atoms with van der Waals surface area (Å²) in [7, 11) is 2.81. The van der Waals surface area contributed by atoms with Gasteiger partial charge in [0, 0.05) is 4.47 Å². The number of aliphatic carboxylic acids is 2. The summed E-state index contributed by atoms with van der Waals surface area (Å²) in [5, 5.41) is 18.4. The number of rotatable bonds is 5. The maximum atomic E-state index is 11.3. The largest absolute Gasteiger partial charge is 0.493 e. The molecule has 1 rings (SSSR count). The normalized spacial score (nSPS) is 10.9. The van der Waals surface area contributed by atoms with Crippen molar-refractivity contribution in [2.24, 2.45) is 0 Å². The van der Waals surface area contributed by atoms with E-state index in [4.69, 9.17) is 9.47 Å². The Kier molecular flexibility index (Phi) is 4.41. The van der Waals surface area contributed by atoms with Crippen LogP contribution in [0.3, 0.4) is 0 Å². The van der Waals surface area contributed by atoms with E-state index < -0.39 is 17.4 Å². The lowest BCUT2D eigenvalue weighted by atomic mass is 9.82. The molecule has 0 aliphatic rings. The van der Waals surface area contributed by atoms with Crippen molar-refractivity contribution in [2.45, 2.75) is 12.3 Å². The molecule has 0 unspecified atom stereocenters. The first-order valence-corrected chi connectivity index (χ1v) is 5.97. The molecule has 0 heterocycles. The van der Waals surface area contributed by atoms with Gasteiger partial charge in [-0.05, 0) is 24.6 Å². The number of benzene rings is 1. The number of carboxylic acid groups (broad SMARTS) is 2. The molecule has 0 fully saturated rings. The Morgan fingerprint density at radius 1 is 1.11 bits per heavy atom. The standard InChI is InChI=1S/C12H13BrO6/c1-12(10(14)15,11(16)17)6-4-8(18-2)9(19-3)5-7(6)13/h4-5H,1-3H3,(H,14,15)(H,16,17). The number of carboxylic acids is 2. The molecule has 0 aliphatic heterocycles. The van der Waals surface area contributed by atoms with E-state index >= 15 is 0 Å². The minimum atomic E-state index is -2.08. The molecule has 2 N–H and O–H groups in total. The van der Waals surface area contributed by atoms with Crippen molar-refractivity contribution in [3.63, 3.8) is 0 Å². The van der Waals surface area contributed by atoms with Crippen LogP contribution in [0.1, 0.15) is 12.5 Å². The van der Waals surface area contributed by atoms with Crippen molar-refractivity contribution < 1.29 is 29.3 Å². The van der Waals surface area contributed by atoms with Crippen LogP contribution in [-0.2, 0) is 15.0 Å². The van der Waals surface area contributed by atoms with E-state index in [-0.39, 0.29) is 11.3 Å². The van der Waals surface area contributed by atoms with E-state index in [0.717, 1.165) is 6.92 Å². The molecule has 0 spiro atoms. The number of methoxy groups -OCH3 is 2. The first-order valence-electron chi connectivity index (χ1n) is 5.17. The lowest BCUT2D eigenvalue weighted by Gasteiger charge is -2.23. The van der Waals surface area contributed by atoms with Gasteiger partial charge in [0.15, 0.2) is 16.9 Å². The van der Waals surface area contributed by atoms with Gasteiger partial charge in [-0.1, -0.05) is 15.9 Å². The minimum absolute atomic E-state index is 0.0742. The van der Waals surface area contributed by atoms with Gasteiger partial charge in [0.05, 0.1) is 14.2 Å². The average molecular weight is 333 g/mol. The van der Waals surface area contributed by atoms with Crippen molar-refractivity contribution in [3.8, 4) is 11.5 Å². The van der Waals surface area contributed by atoms with Crippen molar-refractivity contribution in [2.75, 3.05) is 14.2 Å². The summed E-state index contributed by atoms with van der Waals surface area (Å²) in [6.45, 7) is 1.11. The number of hydrogen-bond acceptors (Lipinski definition) is 4. The molecule has 7 heteroatoms. The van der Waals surface area contributed by atoms with Gasteiger partial charge >= 0.3 is 11.9 Å². The zero-order chi connectivity index (χ0) is 14.8. The second-order valence-electron chi connectivity index (χ2n) is 3.92. The molecule has 1 aromatic rings. The fourth-order valence-electron chi connectivity index (χ4n) is 1.56. The Labute approximate surface area is 118 Å². The maximum absolute atomic E-state index is 11.3. The van der Waals surface area contributed by atoms with E-state index in [9.17, 15) is 19.8 Å². The van der Waals surface area contributed by atoms with Crippen molar-refractivity contribution >= 4 is 27.9 Å². The van der Waals surface area contributed by atoms with Gasteiger partial charge in [0.1, 0.15) is 0 Å². The van der Waals surface area contributed by atoms with Crippen LogP contribution in [-0.4, -0.2) is 36.4 Å². The molecule has 104 valence electrons. The molecule has 0 amide bonds. The van der Waals surface area contributed by atoms with E-state index in [1.54, 1.807) is 0 Å². The number of carbonyl (C=O) groups is 2. The molecule has 19 heavy (non-hydrogen) atoms. The van der Waals surface area contributed by atoms with E-state index in [0.29, 0.717) is 10.2 Å². The molecular formula is C12H13BrO6. The summed E-state index contributed by atoms with van der Waals surface area (Å²) >= 11 is 3.16. The summed E-state index contributed by atoms with van der Waals surface area (Å²) < 4.78 is 10.4. The Bertz CT molecular complexity index is 511. The van der Waals surface area contributed by atoms with Crippen molar-refractivity contribution in [1.29, 1.82) is 0 Å². The molecule has 1 aromatic carbocycles. The molecule has 0 radical (unpaired) electrons. The quantitative estimate of drug-likeness (QED) is 0.800. The van der Waals surface area contributed by atoms with E-state index in [2.05, 4.69) is 15.9 Å². The summed E-state index contributed by atoms with van der Waals surface area (Å²) in [6, 6.07) is 2.81. The fraction of sp³-hybridized carbons (Fsp3) is 0.333. The SMILES string of the molecule is COc1cc(Br)c(C(C)(C(=O)O)C(=O)O)cc1OC. The molecule has 0 bridgehead atoms. The zero-order valence-electron chi connectivity index (χ0n) is 10.6. The molecule has 0 atom stereocenters. The molecular weight excluding hydrogens is 320 g/mol. The molecule has 0 saturated heterocycles. The summed E-state index contributed by atoms with van der Waals surface area (Å²) in [4.78, 5) is 22.6. The maximum Gasteiger partial charge on any atom is 0.325 e. The van der Waals surface area contributed by atoms with Crippen LogP contribution in [0, 0.1) is 0 Å². The van der Waals surface area contributed by atoms with Gasteiger partial charge in [-0.2, -0.15) is 0 Å². The van der Waals surface area contributed by atoms with Crippen molar-refractivity contribution in [1.82, 2.24) is 0 Å². The second-order valence-corrected chi connectivity index (χ2v) is 4.78. The number of ether oxygens (including phenoxy) is 2. The molecule has 0 saturated carbocycles. The molecule has 0 aliphatic carbocycles. The lowest BCUT2D eigenvalue weighted by Crippen LogP contribution is -2.41. The van der Waals surface area contributed by atoms with Crippen LogP contribution in [0.4, 0.5) is 0 Å². The number of halogens is 1. The van der Waals surface area contributed by atoms with Gasteiger partial charge in [0.2, 0.25) is 0 Å². The van der Waals surface area contributed by atoms with Crippen LogP contribution >= 0.6 is 15.9 Å². The Morgan fingerprint density at radius 3 is 1.89 bits per heavy atom. The van der Waals surface area contributed by atoms with Crippen LogP contribution in [0.2, 0.25) is 0 Å². The minimum Gasteiger partial charge on any atom is -0.493 e. The molecule has 0 aromatic heterocycles. The third-order valence-electron chi connectivity index (χ3n) is 2.87. The summed E-state index contributed by atoms with van der Waals surface area (Å²) in [5.41, 5.74) is -2.01. The third-order valence-corrected chi connectivity index (χ3v) is 3.52.